The van der Waals surface area contributed by atoms with Crippen LogP contribution >= 0.6 is 0 Å². The van der Waals surface area contributed by atoms with E-state index in [9.17, 15) is 19.2 Å². The van der Waals surface area contributed by atoms with Gasteiger partial charge >= 0.3 is 225 Å². The second kappa shape index (κ2) is 13.4. The number of hydrogen-bond acceptors (Lipinski definition) is 8. The van der Waals surface area contributed by atoms with Gasteiger partial charge in [0.25, 0.3) is 0 Å². The first-order chi connectivity index (χ1) is 18.0. The van der Waals surface area contributed by atoms with Crippen LogP contribution in [0.25, 0.3) is 0 Å². The van der Waals surface area contributed by atoms with Crippen LogP contribution in [0.3, 0.4) is 0 Å². The summed E-state index contributed by atoms with van der Waals surface area (Å²) in [5.74, 6) is -3.01. The Kier molecular flexibility index (Phi) is 10.0. The maximum atomic E-state index is 13.2. The third-order valence-electron chi connectivity index (χ3n) is 7.08. The van der Waals surface area contributed by atoms with E-state index in [1.165, 1.54) is 0 Å². The summed E-state index contributed by atoms with van der Waals surface area (Å²) in [4.78, 5) is 52.9. The molecule has 0 heterocycles. The average Bonchev–Trinajstić information content (AvgIpc) is 2.94. The van der Waals surface area contributed by atoms with Crippen LogP contribution in [0.1, 0.15) is 103 Å². The van der Waals surface area contributed by atoms with E-state index in [0.29, 0.717) is 48.0 Å². The predicted octanol–water partition coefficient (Wildman–Crippen LogP) is 5.60. The van der Waals surface area contributed by atoms with Crippen molar-refractivity contribution in [3.63, 3.8) is 0 Å². The molecule has 4 rings (SSSR count). The number of hydrogen-bond donors (Lipinski definition) is 0. The molecule has 9 heteroatoms. The molecule has 0 amide bonds. The van der Waals surface area contributed by atoms with E-state index >= 15 is 0 Å². The van der Waals surface area contributed by atoms with Crippen molar-refractivity contribution in [2.24, 2.45) is 0 Å². The molecule has 0 bridgehead atoms. The molecule has 0 radical (unpaired) electrons. The summed E-state index contributed by atoms with van der Waals surface area (Å²) in [5, 5.41) is 0. The molecule has 8 nitrogen and oxygen atoms in total. The zero-order valence-electron chi connectivity index (χ0n) is 21.4. The van der Waals surface area contributed by atoms with Crippen LogP contribution in [0.2, 0.25) is 0 Å². The van der Waals surface area contributed by atoms with Gasteiger partial charge in [0.1, 0.15) is 0 Å². The molecule has 0 aromatic carbocycles. The normalized spacial score (nSPS) is 20.3. The van der Waals surface area contributed by atoms with Crippen LogP contribution in [0.5, 0.6) is 0 Å². The van der Waals surface area contributed by atoms with Crippen LogP contribution in [-0.2, 0) is 31.5 Å². The monoisotopic (exact) mass is 620 g/mol. The first-order valence-corrected chi connectivity index (χ1v) is 18.3. The zero-order valence-corrected chi connectivity index (χ0v) is 24.2. The number of rotatable bonds is 8. The van der Waals surface area contributed by atoms with Gasteiger partial charge in [0.15, 0.2) is 0 Å². The van der Waals surface area contributed by atoms with Crippen molar-refractivity contribution in [3.8, 4) is 0 Å². The Morgan fingerprint density at radius 3 is 0.865 bits per heavy atom. The van der Waals surface area contributed by atoms with Gasteiger partial charge in [-0.3, -0.25) is 0 Å². The van der Waals surface area contributed by atoms with Gasteiger partial charge in [0.05, 0.1) is 0 Å². The van der Waals surface area contributed by atoms with Crippen molar-refractivity contribution in [1.82, 2.24) is 0 Å². The minimum atomic E-state index is -5.96. The van der Waals surface area contributed by atoms with Gasteiger partial charge < -0.3 is 0 Å². The first-order valence-electron chi connectivity index (χ1n) is 13.7. The maximum absolute atomic E-state index is 13.2. The van der Waals surface area contributed by atoms with E-state index in [1.54, 1.807) is 24.3 Å². The second-order valence-corrected chi connectivity index (χ2v) is 15.1. The van der Waals surface area contributed by atoms with Gasteiger partial charge in [0.2, 0.25) is 0 Å². The minimum absolute atomic E-state index is 0.418. The van der Waals surface area contributed by atoms with Gasteiger partial charge in [-0.1, -0.05) is 0 Å². The average molecular weight is 619 g/mol. The molecule has 37 heavy (non-hydrogen) atoms. The Labute approximate surface area is 224 Å². The Hall–Kier alpha value is -2.36. The molecular formula is C28H36O8Sn. The van der Waals surface area contributed by atoms with E-state index in [0.717, 1.165) is 77.0 Å². The van der Waals surface area contributed by atoms with Gasteiger partial charge in [-0.15, -0.1) is 0 Å². The second-order valence-electron chi connectivity index (χ2n) is 9.96. The van der Waals surface area contributed by atoms with Crippen LogP contribution in [0.15, 0.2) is 46.6 Å². The topological polar surface area (TPSA) is 105 Å². The quantitative estimate of drug-likeness (QED) is 0.324. The molecule has 200 valence electrons. The number of carbonyl (C=O) groups is 4. The van der Waals surface area contributed by atoms with Gasteiger partial charge in [-0.2, -0.15) is 0 Å². The Morgan fingerprint density at radius 2 is 0.676 bits per heavy atom. The standard InChI is InChI=1S/4C7H10O2.Sn/c4*8-7(9)6-4-2-1-3-5-6;/h4*4H,1-3,5H2,(H,8,9);/q;;;;+4/p-4. The molecule has 0 spiro atoms. The molecular weight excluding hydrogens is 583 g/mol. The SMILES string of the molecule is O=C([O][Sn]([O]C(=O)C1=CCCCC1)([O]C(=O)C1=CCCCC1)[O]C(=O)C1=CCCCC1)C1=CCCCC1. The predicted molar refractivity (Wildman–Crippen MR) is 136 cm³/mol. The Morgan fingerprint density at radius 1 is 0.432 bits per heavy atom. The molecule has 0 saturated heterocycles. The van der Waals surface area contributed by atoms with E-state index < -0.39 is 43.9 Å². The molecule has 0 atom stereocenters. The summed E-state index contributed by atoms with van der Waals surface area (Å²) in [6.45, 7) is 0. The molecule has 0 aliphatic heterocycles. The zero-order chi connectivity index (χ0) is 26.1. The summed E-state index contributed by atoms with van der Waals surface area (Å²) < 4.78 is 23.0. The van der Waals surface area contributed by atoms with Crippen molar-refractivity contribution in [3.05, 3.63) is 46.6 Å². The van der Waals surface area contributed by atoms with Crippen molar-refractivity contribution in [1.29, 1.82) is 0 Å². The molecule has 0 unspecified atom stereocenters. The number of allylic oxidation sites excluding steroid dienone is 4. The molecule has 0 aromatic rings. The fourth-order valence-corrected chi connectivity index (χ4v) is 9.74. The van der Waals surface area contributed by atoms with Crippen molar-refractivity contribution >= 4 is 43.9 Å². The van der Waals surface area contributed by atoms with Crippen molar-refractivity contribution in [2.45, 2.75) is 103 Å². The van der Waals surface area contributed by atoms with Crippen molar-refractivity contribution < 1.29 is 31.5 Å². The summed E-state index contributed by atoms with van der Waals surface area (Å²) in [6.07, 6.45) is 19.1. The third-order valence-corrected chi connectivity index (χ3v) is 12.1. The summed E-state index contributed by atoms with van der Waals surface area (Å²) >= 11 is -5.96. The summed E-state index contributed by atoms with van der Waals surface area (Å²) in [7, 11) is 0. The van der Waals surface area contributed by atoms with Crippen LogP contribution in [-0.4, -0.2) is 43.9 Å². The number of carbonyl (C=O) groups excluding carboxylic acids is 4. The van der Waals surface area contributed by atoms with E-state index in [1.807, 2.05) is 0 Å². The van der Waals surface area contributed by atoms with Crippen LogP contribution < -0.4 is 0 Å². The van der Waals surface area contributed by atoms with Gasteiger partial charge in [-0.05, 0) is 0 Å². The molecule has 4 aliphatic carbocycles. The van der Waals surface area contributed by atoms with E-state index in [-0.39, 0.29) is 0 Å². The Bertz CT molecular complexity index is 869. The van der Waals surface area contributed by atoms with E-state index in [4.69, 9.17) is 12.3 Å². The van der Waals surface area contributed by atoms with Crippen LogP contribution in [0, 0.1) is 0 Å². The fraction of sp³-hybridized carbons (Fsp3) is 0.571. The van der Waals surface area contributed by atoms with E-state index in [2.05, 4.69) is 0 Å². The fourth-order valence-electron chi connectivity index (χ4n) is 4.94. The van der Waals surface area contributed by atoms with Gasteiger partial charge in [-0.25, -0.2) is 0 Å². The summed E-state index contributed by atoms with van der Waals surface area (Å²) in [5.41, 5.74) is 1.67. The summed E-state index contributed by atoms with van der Waals surface area (Å²) in [6, 6.07) is 0. The molecule has 0 aromatic heterocycles. The third kappa shape index (κ3) is 7.82. The first kappa shape index (κ1) is 27.7. The van der Waals surface area contributed by atoms with Crippen LogP contribution in [0.4, 0.5) is 0 Å². The van der Waals surface area contributed by atoms with Gasteiger partial charge in [0, 0.05) is 0 Å². The molecule has 0 fully saturated rings. The molecule has 0 N–H and O–H groups in total. The molecule has 4 aliphatic rings. The molecule has 0 saturated carbocycles. The van der Waals surface area contributed by atoms with Crippen molar-refractivity contribution in [2.75, 3.05) is 0 Å². The Balaban J connectivity index is 1.67.